The molecule has 5 heteroatoms. The third-order valence-corrected chi connectivity index (χ3v) is 4.39. The van der Waals surface area contributed by atoms with Crippen LogP contribution in [-0.4, -0.2) is 48.6 Å². The molecule has 28 heavy (non-hydrogen) atoms. The maximum absolute atomic E-state index is 10.3. The molecule has 0 fully saturated rings. The predicted octanol–water partition coefficient (Wildman–Crippen LogP) is 3.25. The molecule has 1 atom stereocenters. The number of hydrogen-bond donors (Lipinski definition) is 2. The van der Waals surface area contributed by atoms with Crippen LogP contribution in [0.25, 0.3) is 0 Å². The fraction of sp³-hybridized carbons (Fsp3) is 0.348. The van der Waals surface area contributed by atoms with Crippen LogP contribution < -0.4 is 10.5 Å². The molecule has 0 amide bonds. The summed E-state index contributed by atoms with van der Waals surface area (Å²) in [6.45, 7) is 5.85. The molecule has 1 unspecified atom stereocenters. The average Bonchev–Trinajstić information content (AvgIpc) is 2.70. The Labute approximate surface area is 168 Å². The Morgan fingerprint density at radius 2 is 1.68 bits per heavy atom. The molecule has 0 saturated carbocycles. The first-order valence-electron chi connectivity index (χ1n) is 9.50. The molecular weight excluding hydrogens is 350 g/mol. The van der Waals surface area contributed by atoms with Crippen LogP contribution in [0.15, 0.2) is 76.9 Å². The van der Waals surface area contributed by atoms with Crippen molar-refractivity contribution in [2.75, 3.05) is 26.7 Å². The molecule has 2 aromatic rings. The van der Waals surface area contributed by atoms with Crippen LogP contribution in [-0.2, 0) is 6.54 Å². The molecule has 2 rings (SSSR count). The number of likely N-dealkylation sites (N-methyl/N-ethyl adjacent to an activating group) is 1. The summed E-state index contributed by atoms with van der Waals surface area (Å²) in [6, 6.07) is 19.6. The van der Waals surface area contributed by atoms with Crippen molar-refractivity contribution in [1.82, 2.24) is 4.90 Å². The largest absolute Gasteiger partial charge is 0.491 e. The van der Waals surface area contributed by atoms with E-state index in [0.717, 1.165) is 28.3 Å². The molecule has 0 saturated heterocycles. The summed E-state index contributed by atoms with van der Waals surface area (Å²) in [5, 5.41) is 10.3. The summed E-state index contributed by atoms with van der Waals surface area (Å²) >= 11 is 0. The van der Waals surface area contributed by atoms with Gasteiger partial charge in [-0.05, 0) is 38.6 Å². The second-order valence-electron chi connectivity index (χ2n) is 7.02. The van der Waals surface area contributed by atoms with Crippen LogP contribution in [0, 0.1) is 0 Å². The molecule has 150 valence electrons. The Morgan fingerprint density at radius 1 is 1.07 bits per heavy atom. The second-order valence-corrected chi connectivity index (χ2v) is 7.02. The van der Waals surface area contributed by atoms with Gasteiger partial charge >= 0.3 is 0 Å². The van der Waals surface area contributed by atoms with E-state index in [1.807, 2.05) is 74.3 Å². The number of aliphatic hydroxyl groups is 1. The molecule has 0 spiro atoms. The number of nitrogens with zero attached hydrogens (tertiary/aromatic N) is 2. The van der Waals surface area contributed by atoms with E-state index in [1.165, 1.54) is 0 Å². The Bertz CT molecular complexity index is 769. The fourth-order valence-corrected chi connectivity index (χ4v) is 2.87. The average molecular weight is 382 g/mol. The monoisotopic (exact) mass is 381 g/mol. The minimum absolute atomic E-state index is 0.246. The summed E-state index contributed by atoms with van der Waals surface area (Å²) in [5.74, 6) is 0.756. The molecule has 3 N–H and O–H groups in total. The fourth-order valence-electron chi connectivity index (χ4n) is 2.87. The van der Waals surface area contributed by atoms with Gasteiger partial charge in [-0.1, -0.05) is 48.5 Å². The summed E-state index contributed by atoms with van der Waals surface area (Å²) < 4.78 is 5.62. The van der Waals surface area contributed by atoms with Crippen molar-refractivity contribution in [2.24, 2.45) is 10.7 Å². The number of rotatable bonds is 10. The minimum atomic E-state index is -0.592. The molecule has 0 heterocycles. The van der Waals surface area contributed by atoms with E-state index in [1.54, 1.807) is 0 Å². The van der Waals surface area contributed by atoms with Gasteiger partial charge in [0.2, 0.25) is 0 Å². The van der Waals surface area contributed by atoms with Crippen LogP contribution in [0.2, 0.25) is 0 Å². The predicted molar refractivity (Wildman–Crippen MR) is 116 cm³/mol. The van der Waals surface area contributed by atoms with Crippen LogP contribution in [0.4, 0.5) is 0 Å². The van der Waals surface area contributed by atoms with Gasteiger partial charge in [0.15, 0.2) is 0 Å². The lowest BCUT2D eigenvalue weighted by Gasteiger charge is -2.23. The summed E-state index contributed by atoms with van der Waals surface area (Å²) in [5.41, 5.74) is 9.93. The molecule has 0 aliphatic rings. The van der Waals surface area contributed by atoms with E-state index in [4.69, 9.17) is 10.5 Å². The minimum Gasteiger partial charge on any atom is -0.491 e. The van der Waals surface area contributed by atoms with Crippen molar-refractivity contribution in [3.05, 3.63) is 77.5 Å². The standard InChI is InChI=1S/C23H31N3O2/c1-18(24)23(19(2)25-14-20-10-6-4-7-11-20)16-26(3)15-21(27)17-28-22-12-8-5-9-13-22/h4-13,21,27H,14-17,24H2,1-3H3/b23-18-,25-19?. The topological polar surface area (TPSA) is 71.1 Å². The van der Waals surface area contributed by atoms with Gasteiger partial charge in [0.1, 0.15) is 18.5 Å². The van der Waals surface area contributed by atoms with Gasteiger partial charge in [0.25, 0.3) is 0 Å². The van der Waals surface area contributed by atoms with Gasteiger partial charge in [0.05, 0.1) is 6.54 Å². The highest BCUT2D eigenvalue weighted by Gasteiger charge is 2.13. The summed E-state index contributed by atoms with van der Waals surface area (Å²) in [7, 11) is 1.96. The van der Waals surface area contributed by atoms with E-state index in [0.29, 0.717) is 19.6 Å². The first-order chi connectivity index (χ1) is 13.5. The van der Waals surface area contributed by atoms with Gasteiger partial charge in [-0.3, -0.25) is 9.89 Å². The molecule has 2 aromatic carbocycles. The molecule has 0 bridgehead atoms. The first-order valence-corrected chi connectivity index (χ1v) is 9.50. The summed E-state index contributed by atoms with van der Waals surface area (Å²) in [6.07, 6.45) is -0.592. The quantitative estimate of drug-likeness (QED) is 0.620. The Balaban J connectivity index is 1.87. The van der Waals surface area contributed by atoms with Crippen LogP contribution in [0.1, 0.15) is 19.4 Å². The van der Waals surface area contributed by atoms with Gasteiger partial charge < -0.3 is 15.6 Å². The lowest BCUT2D eigenvalue weighted by atomic mass is 10.1. The summed E-state index contributed by atoms with van der Waals surface area (Å²) in [4.78, 5) is 6.72. The zero-order chi connectivity index (χ0) is 20.4. The van der Waals surface area contributed by atoms with Gasteiger partial charge in [0, 0.05) is 30.1 Å². The Morgan fingerprint density at radius 3 is 2.29 bits per heavy atom. The van der Waals surface area contributed by atoms with Gasteiger partial charge in [-0.15, -0.1) is 0 Å². The molecular formula is C23H31N3O2. The van der Waals surface area contributed by atoms with Crippen LogP contribution >= 0.6 is 0 Å². The number of benzene rings is 2. The highest BCUT2D eigenvalue weighted by Crippen LogP contribution is 2.10. The number of ether oxygens (including phenoxy) is 1. The van der Waals surface area contributed by atoms with Crippen molar-refractivity contribution < 1.29 is 9.84 Å². The lowest BCUT2D eigenvalue weighted by molar-refractivity contribution is 0.0791. The molecule has 0 aliphatic heterocycles. The third-order valence-electron chi connectivity index (χ3n) is 4.39. The number of allylic oxidation sites excluding steroid dienone is 1. The van der Waals surface area contributed by atoms with Crippen molar-refractivity contribution in [2.45, 2.75) is 26.5 Å². The van der Waals surface area contributed by atoms with E-state index >= 15 is 0 Å². The Kier molecular flexibility index (Phi) is 8.72. The van der Waals surface area contributed by atoms with Gasteiger partial charge in [-0.2, -0.15) is 0 Å². The van der Waals surface area contributed by atoms with Crippen LogP contribution in [0.5, 0.6) is 5.75 Å². The van der Waals surface area contributed by atoms with Crippen molar-refractivity contribution in [3.63, 3.8) is 0 Å². The van der Waals surface area contributed by atoms with Crippen molar-refractivity contribution in [3.8, 4) is 5.75 Å². The maximum atomic E-state index is 10.3. The zero-order valence-electron chi connectivity index (χ0n) is 17.0. The lowest BCUT2D eigenvalue weighted by Crippen LogP contribution is -2.35. The number of aliphatic imine (C=N–C) groups is 1. The number of aliphatic hydroxyl groups excluding tert-OH is 1. The normalized spacial score (nSPS) is 14.0. The highest BCUT2D eigenvalue weighted by molar-refractivity contribution is 5.99. The van der Waals surface area contributed by atoms with Gasteiger partial charge in [-0.25, -0.2) is 0 Å². The smallest absolute Gasteiger partial charge is 0.119 e. The van der Waals surface area contributed by atoms with Crippen molar-refractivity contribution in [1.29, 1.82) is 0 Å². The van der Waals surface area contributed by atoms with E-state index in [9.17, 15) is 5.11 Å². The first kappa shape index (κ1) is 21.7. The van der Waals surface area contributed by atoms with E-state index in [-0.39, 0.29) is 6.61 Å². The Hall–Kier alpha value is -2.63. The second kappa shape index (κ2) is 11.3. The maximum Gasteiger partial charge on any atom is 0.119 e. The highest BCUT2D eigenvalue weighted by atomic mass is 16.5. The molecule has 0 radical (unpaired) electrons. The number of para-hydroxylation sites is 1. The molecule has 0 aromatic heterocycles. The van der Waals surface area contributed by atoms with Crippen LogP contribution in [0.3, 0.4) is 0 Å². The number of nitrogens with two attached hydrogens (primary N) is 1. The zero-order valence-corrected chi connectivity index (χ0v) is 17.0. The van der Waals surface area contributed by atoms with E-state index < -0.39 is 6.10 Å². The van der Waals surface area contributed by atoms with Crippen molar-refractivity contribution >= 4 is 5.71 Å². The molecule has 5 nitrogen and oxygen atoms in total. The number of hydrogen-bond acceptors (Lipinski definition) is 5. The third kappa shape index (κ3) is 7.55. The SMILES string of the molecule is CC(=NCc1ccccc1)/C(CN(C)CC(O)COc1ccccc1)=C(/C)N. The molecule has 0 aliphatic carbocycles. The van der Waals surface area contributed by atoms with E-state index in [2.05, 4.69) is 17.1 Å².